The van der Waals surface area contributed by atoms with E-state index in [-0.39, 0.29) is 0 Å². The van der Waals surface area contributed by atoms with Crippen LogP contribution < -0.4 is 4.89 Å². The molecule has 0 aliphatic carbocycles. The Morgan fingerprint density at radius 3 is 0.500 bits per heavy atom. The molecule has 0 saturated carbocycles. The lowest BCUT2D eigenvalue weighted by molar-refractivity contribution is -0.493. The average Bonchev–Trinajstić information content (AvgIpc) is 0.679. The lowest BCUT2D eigenvalue weighted by Crippen LogP contribution is -2.80. The summed E-state index contributed by atoms with van der Waals surface area (Å²) in [4.78, 5) is 11.6. The van der Waals surface area contributed by atoms with Gasteiger partial charge in [-0.25, -0.2) is 13.2 Å². The van der Waals surface area contributed by atoms with Crippen LogP contribution >= 0.6 is 7.82 Å². The largest absolute Gasteiger partial charge is 0.756 e. The van der Waals surface area contributed by atoms with Crippen LogP contribution in [-0.4, -0.2) is 215 Å². The highest BCUT2D eigenvalue weighted by atomic mass is 31.2. The SMILES string of the molecule is O=P([O-])(OCCC(F)C(F)(F)C(F)(F)C(F)(F)C(F)(F)C(F)(F)C(F)(F)C(F)(F)C(F)(F)C(F)(F)C(F)(F)C(F)(F)C(F)(F)C(F)(F)C(F)(C(F)(F)F)C(F)(F)F)OCCC(F)(F)C(F)(F)C(F)(F)C(F)(F)C(F)(F)C(F)(F)C(F)(F)C(F)(F)C(F)(F)C(F)(F)C(F)(F)C(F)(F)C(F)(F)C(F)(F)C(F)(C(F)(F)F)C(F)(F)F. The van der Waals surface area contributed by atoms with E-state index in [0.29, 0.717) is 0 Å². The molecule has 0 fully saturated rings. The van der Waals surface area contributed by atoms with Gasteiger partial charge in [0.25, 0.3) is 7.82 Å². The van der Waals surface area contributed by atoms with Gasteiger partial charge in [-0.15, -0.1) is 0 Å². The molecule has 0 heterocycles. The Balaban J connectivity index is 7.37. The molecule has 4 nitrogen and oxygen atoms in total. The fraction of sp³-hybridized carbons (Fsp3) is 1.00. The quantitative estimate of drug-likeness (QED) is 0.0463. The molecule has 0 amide bonds. The number of hydrogen-bond acceptors (Lipinski definition) is 4. The second-order valence-corrected chi connectivity index (χ2v) is 22.5. The second-order valence-electron chi connectivity index (χ2n) is 21.1. The maximum atomic E-state index is 14.3. The molecule has 0 aliphatic heterocycles. The molecule has 112 heavy (non-hydrogen) atoms. The van der Waals surface area contributed by atoms with E-state index < -0.39 is 236 Å². The van der Waals surface area contributed by atoms with Crippen LogP contribution in [0.3, 0.4) is 0 Å². The van der Waals surface area contributed by atoms with Gasteiger partial charge in [-0.2, -0.15) is 290 Å². The highest BCUT2D eigenvalue weighted by Gasteiger charge is 3.06. The molecule has 0 spiro atoms. The summed E-state index contributed by atoms with van der Waals surface area (Å²) >= 11 is 0. The number of hydrogen-bond donors (Lipinski definition) is 0. The Kier molecular flexibility index (Phi) is 26.0. The maximum absolute atomic E-state index is 14.3. The van der Waals surface area contributed by atoms with E-state index in [2.05, 4.69) is 9.05 Å². The lowest BCUT2D eigenvalue weighted by Gasteiger charge is -2.47. The van der Waals surface area contributed by atoms with E-state index in [4.69, 9.17) is 0 Å². The van der Waals surface area contributed by atoms with Gasteiger partial charge < -0.3 is 13.9 Å². The third-order valence-corrected chi connectivity index (χ3v) is 15.1. The molecule has 0 radical (unpaired) electrons. The third kappa shape index (κ3) is 13.1. The van der Waals surface area contributed by atoms with E-state index in [1.54, 1.807) is 0 Å². The van der Waals surface area contributed by atoms with Crippen LogP contribution in [0.2, 0.25) is 0 Å². The first-order chi connectivity index (χ1) is 47.1. The highest BCUT2D eigenvalue weighted by molar-refractivity contribution is 7.45. The first-order valence-electron chi connectivity index (χ1n) is 24.2. The van der Waals surface area contributed by atoms with Crippen molar-refractivity contribution in [1.29, 1.82) is 0 Å². The number of halogens is 69. The van der Waals surface area contributed by atoms with Gasteiger partial charge in [0.15, 0.2) is 6.17 Å². The molecule has 2 unspecified atom stereocenters. The summed E-state index contributed by atoms with van der Waals surface area (Å²) in [7, 11) is -7.81. The first-order valence-corrected chi connectivity index (χ1v) is 25.6. The first kappa shape index (κ1) is 107. The van der Waals surface area contributed by atoms with E-state index in [1.807, 2.05) is 0 Å². The number of rotatable bonds is 36. The van der Waals surface area contributed by atoms with Gasteiger partial charge >= 0.3 is 196 Å². The van der Waals surface area contributed by atoms with Crippen molar-refractivity contribution >= 4 is 7.82 Å². The molecule has 674 valence electrons. The van der Waals surface area contributed by atoms with Crippen molar-refractivity contribution in [2.45, 2.75) is 215 Å². The number of phosphoric ester groups is 1. The van der Waals surface area contributed by atoms with Crippen molar-refractivity contribution in [3.05, 3.63) is 0 Å². The van der Waals surface area contributed by atoms with Gasteiger partial charge in [0.05, 0.1) is 13.2 Å². The minimum atomic E-state index is -10.8. The van der Waals surface area contributed by atoms with Crippen LogP contribution in [-0.2, 0) is 13.6 Å². The van der Waals surface area contributed by atoms with Gasteiger partial charge in [-0.05, 0) is 0 Å². The Morgan fingerprint density at radius 2 is 0.339 bits per heavy atom. The maximum Gasteiger partial charge on any atom is 0.438 e. The van der Waals surface area contributed by atoms with Crippen LogP contribution in [0.25, 0.3) is 0 Å². The van der Waals surface area contributed by atoms with Crippen molar-refractivity contribution < 1.29 is 321 Å². The van der Waals surface area contributed by atoms with Gasteiger partial charge in [0.2, 0.25) is 0 Å². The van der Waals surface area contributed by atoms with Crippen molar-refractivity contribution in [2.24, 2.45) is 0 Å². The summed E-state index contributed by atoms with van der Waals surface area (Å²) in [6.45, 7) is -7.32. The molecular weight excluding hydrogens is 1860 g/mol. The summed E-state index contributed by atoms with van der Waals surface area (Å²) in [5.41, 5.74) is -19.4. The van der Waals surface area contributed by atoms with Crippen molar-refractivity contribution in [1.82, 2.24) is 0 Å². The Morgan fingerprint density at radius 1 is 0.205 bits per heavy atom. The van der Waals surface area contributed by atoms with Gasteiger partial charge in [0.1, 0.15) is 0 Å². The van der Waals surface area contributed by atoms with Crippen LogP contribution in [0.5, 0.6) is 0 Å². The molecule has 0 N–H and O–H groups in total. The van der Waals surface area contributed by atoms with E-state index in [1.165, 1.54) is 0 Å². The van der Waals surface area contributed by atoms with Gasteiger partial charge in [0, 0.05) is 12.8 Å². The smallest absolute Gasteiger partial charge is 0.438 e. The summed E-state index contributed by atoms with van der Waals surface area (Å²) in [6.07, 6.45) is -51.2. The van der Waals surface area contributed by atoms with Crippen molar-refractivity contribution in [3.8, 4) is 0 Å². The summed E-state index contributed by atoms with van der Waals surface area (Å²) < 4.78 is 974. The number of alkyl halides is 69. The molecule has 0 aromatic rings. The minimum Gasteiger partial charge on any atom is -0.756 e. The molecule has 2 atom stereocenters. The zero-order valence-electron chi connectivity index (χ0n) is 48.1. The van der Waals surface area contributed by atoms with Crippen LogP contribution in [0, 0.1) is 0 Å². The predicted molar refractivity (Wildman–Crippen MR) is 199 cm³/mol. The van der Waals surface area contributed by atoms with Crippen LogP contribution in [0.1, 0.15) is 12.8 Å². The van der Waals surface area contributed by atoms with Crippen molar-refractivity contribution in [2.75, 3.05) is 13.2 Å². The van der Waals surface area contributed by atoms with Gasteiger partial charge in [-0.1, -0.05) is 0 Å². The van der Waals surface area contributed by atoms with E-state index in [0.717, 1.165) is 0 Å². The van der Waals surface area contributed by atoms with Crippen molar-refractivity contribution in [3.63, 3.8) is 0 Å². The van der Waals surface area contributed by atoms with Crippen LogP contribution in [0.15, 0.2) is 0 Å². The molecular formula is C38H9F69O4P-. The third-order valence-electron chi connectivity index (χ3n) is 14.1. The Hall–Kier alpha value is -4.72. The molecule has 0 saturated heterocycles. The topological polar surface area (TPSA) is 58.6 Å². The zero-order valence-corrected chi connectivity index (χ0v) is 49.0. The highest BCUT2D eigenvalue weighted by Crippen LogP contribution is 2.75. The molecule has 74 heteroatoms. The zero-order chi connectivity index (χ0) is 92.8. The van der Waals surface area contributed by atoms with E-state index in [9.17, 15) is 312 Å². The standard InChI is InChI=1S/C38H10F69O4P/c39-5(7(42,43)11(48,49)15(56,57)19(64,65)23(72,73)27(80,81)31(88,89)32(90,91)28(82,83)24(74,75)20(66,67)16(58,59)12(50,51)8(44,35(96,97)98)36(99,100)101)1-3-110-112(108,109)111-4-2-6(40,41)10(46,47)14(54,55)18(62,63)22(70,71)26(78,79)30(86,87)34(94,95)33(92,93)29(84,85)25(76,77)21(68,69)17(60,61)13(52,53)9(45,37(102,103)104)38(105,106)107/h5H,1-4H2,(H,108,109)/p-1. The average molecular weight is 1870 g/mol. The molecule has 0 rings (SSSR count). The van der Waals surface area contributed by atoms with E-state index >= 15 is 0 Å². The monoisotopic (exact) mass is 1870 g/mol. The summed E-state index contributed by atoms with van der Waals surface area (Å²) in [5.74, 6) is -278. The Bertz CT molecular complexity index is 3320. The Labute approximate surface area is 558 Å². The predicted octanol–water partition coefficient (Wildman–Crippen LogP) is 22.4. The second kappa shape index (κ2) is 27.2. The van der Waals surface area contributed by atoms with Crippen LogP contribution in [0.4, 0.5) is 303 Å². The molecule has 0 aromatic carbocycles. The lowest BCUT2D eigenvalue weighted by atomic mass is 9.81. The molecule has 0 aromatic heterocycles. The fourth-order valence-electron chi connectivity index (χ4n) is 7.17. The fourth-order valence-corrected chi connectivity index (χ4v) is 7.89. The summed E-state index contributed by atoms with van der Waals surface area (Å²) in [6, 6.07) is 0. The minimum absolute atomic E-state index is 2.66. The van der Waals surface area contributed by atoms with Gasteiger partial charge in [-0.3, -0.25) is 4.57 Å². The molecule has 0 aliphatic rings. The number of phosphoric acid groups is 1. The molecule has 0 bridgehead atoms. The summed E-state index contributed by atoms with van der Waals surface area (Å²) in [5, 5.41) is 0. The normalized spacial score (nSPS) is 18.0.